The minimum absolute atomic E-state index is 0.0641. The van der Waals surface area contributed by atoms with E-state index < -0.39 is 5.82 Å². The lowest BCUT2D eigenvalue weighted by Crippen LogP contribution is -2.43. The molecule has 3 heterocycles. The third kappa shape index (κ3) is 6.03. The van der Waals surface area contributed by atoms with Gasteiger partial charge in [-0.05, 0) is 76.0 Å². The molecule has 2 aromatic heterocycles. The number of nitrogens with one attached hydrogen (secondary N) is 2. The fraction of sp³-hybridized carbons (Fsp3) is 0.375. The molecule has 0 unspecified atom stereocenters. The van der Waals surface area contributed by atoms with Crippen molar-refractivity contribution in [3.05, 3.63) is 70.4 Å². The molecule has 1 saturated carbocycles. The predicted molar refractivity (Wildman–Crippen MR) is 163 cm³/mol. The smallest absolute Gasteiger partial charge is 0.293 e. The first-order valence-electron chi connectivity index (χ1n) is 14.5. The number of hydrogen-bond donors (Lipinski definition) is 2. The highest BCUT2D eigenvalue weighted by Gasteiger charge is 2.27. The molecule has 0 spiro atoms. The first-order chi connectivity index (χ1) is 20.8. The Bertz CT molecular complexity index is 1730. The van der Waals surface area contributed by atoms with Crippen LogP contribution in [0, 0.1) is 11.7 Å². The summed E-state index contributed by atoms with van der Waals surface area (Å²) < 4.78 is 28.2. The number of likely N-dealkylation sites (tertiary alicyclic amines) is 1. The maximum absolute atomic E-state index is 15.2. The van der Waals surface area contributed by atoms with Gasteiger partial charge in [0.15, 0.2) is 5.75 Å². The zero-order chi connectivity index (χ0) is 30.1. The summed E-state index contributed by atoms with van der Waals surface area (Å²) in [6, 6.07) is 11.5. The van der Waals surface area contributed by atoms with E-state index in [1.165, 1.54) is 23.9 Å². The van der Waals surface area contributed by atoms with E-state index in [2.05, 4.69) is 27.6 Å². The van der Waals surface area contributed by atoms with Crippen molar-refractivity contribution < 1.29 is 18.7 Å². The maximum Gasteiger partial charge on any atom is 0.293 e. The van der Waals surface area contributed by atoms with E-state index in [9.17, 15) is 9.59 Å². The van der Waals surface area contributed by atoms with Crippen LogP contribution in [0.2, 0.25) is 0 Å². The SMILES string of the molecule is COc1cc(C(=O)NC2CCN(C)CC2)ccc1Nc1ncc2c(n1)c(-c1ccccc1F)c(OCC1CC1)c(=O)n2C. The van der Waals surface area contributed by atoms with Gasteiger partial charge in [0.25, 0.3) is 11.5 Å². The van der Waals surface area contributed by atoms with Crippen LogP contribution in [0.25, 0.3) is 22.2 Å². The fourth-order valence-corrected chi connectivity index (χ4v) is 5.35. The highest BCUT2D eigenvalue weighted by molar-refractivity contribution is 5.96. The third-order valence-electron chi connectivity index (χ3n) is 8.16. The van der Waals surface area contributed by atoms with Crippen molar-refractivity contribution in [3.8, 4) is 22.6 Å². The van der Waals surface area contributed by atoms with Gasteiger partial charge in [-0.3, -0.25) is 9.59 Å². The number of aryl methyl sites for hydroxylation is 1. The monoisotopic (exact) mass is 586 g/mol. The van der Waals surface area contributed by atoms with Crippen molar-refractivity contribution in [2.45, 2.75) is 31.7 Å². The third-order valence-corrected chi connectivity index (χ3v) is 8.16. The molecular formula is C32H35FN6O4. The van der Waals surface area contributed by atoms with Crippen molar-refractivity contribution in [2.24, 2.45) is 13.0 Å². The maximum atomic E-state index is 15.2. The molecule has 0 radical (unpaired) electrons. The van der Waals surface area contributed by atoms with E-state index in [0.717, 1.165) is 38.8 Å². The number of carbonyl (C=O) groups is 1. The van der Waals surface area contributed by atoms with E-state index in [0.29, 0.717) is 40.6 Å². The highest BCUT2D eigenvalue weighted by atomic mass is 19.1. The molecule has 43 heavy (non-hydrogen) atoms. The fourth-order valence-electron chi connectivity index (χ4n) is 5.35. The number of rotatable bonds is 9. The van der Waals surface area contributed by atoms with Crippen LogP contribution in [0.15, 0.2) is 53.5 Å². The summed E-state index contributed by atoms with van der Waals surface area (Å²) >= 11 is 0. The van der Waals surface area contributed by atoms with Crippen LogP contribution in [-0.4, -0.2) is 65.2 Å². The Kier molecular flexibility index (Phi) is 7.98. The second-order valence-electron chi connectivity index (χ2n) is 11.3. The lowest BCUT2D eigenvalue weighted by Gasteiger charge is -2.29. The number of methoxy groups -OCH3 is 1. The van der Waals surface area contributed by atoms with Gasteiger partial charge in [0.1, 0.15) is 17.1 Å². The topological polar surface area (TPSA) is 111 Å². The minimum atomic E-state index is -0.489. The predicted octanol–water partition coefficient (Wildman–Crippen LogP) is 4.50. The molecule has 2 N–H and O–H groups in total. The Morgan fingerprint density at radius 3 is 2.58 bits per heavy atom. The number of anilines is 2. The first kappa shape index (κ1) is 28.6. The molecular weight excluding hydrogens is 551 g/mol. The molecule has 6 rings (SSSR count). The van der Waals surface area contributed by atoms with Crippen LogP contribution in [0.1, 0.15) is 36.0 Å². The Hall–Kier alpha value is -4.51. The summed E-state index contributed by atoms with van der Waals surface area (Å²) in [5.74, 6) is 0.446. The van der Waals surface area contributed by atoms with Gasteiger partial charge in [0, 0.05) is 24.2 Å². The van der Waals surface area contributed by atoms with Gasteiger partial charge in [0.05, 0.1) is 36.7 Å². The molecule has 0 bridgehead atoms. The number of fused-ring (bicyclic) bond motifs is 1. The van der Waals surface area contributed by atoms with Gasteiger partial charge in [-0.15, -0.1) is 0 Å². The lowest BCUT2D eigenvalue weighted by molar-refractivity contribution is 0.0916. The van der Waals surface area contributed by atoms with Crippen LogP contribution in [0.3, 0.4) is 0 Å². The van der Waals surface area contributed by atoms with Crippen LogP contribution >= 0.6 is 0 Å². The average Bonchev–Trinajstić information content (AvgIpc) is 3.85. The van der Waals surface area contributed by atoms with Crippen LogP contribution in [-0.2, 0) is 7.05 Å². The van der Waals surface area contributed by atoms with Crippen molar-refractivity contribution in [1.29, 1.82) is 0 Å². The van der Waals surface area contributed by atoms with Gasteiger partial charge in [-0.2, -0.15) is 0 Å². The number of nitrogens with zero attached hydrogens (tertiary/aromatic N) is 4. The number of hydrogen-bond acceptors (Lipinski definition) is 8. The van der Waals surface area contributed by atoms with Gasteiger partial charge in [-0.1, -0.05) is 18.2 Å². The van der Waals surface area contributed by atoms with Crippen molar-refractivity contribution in [3.63, 3.8) is 0 Å². The average molecular weight is 587 g/mol. The summed E-state index contributed by atoms with van der Waals surface area (Å²) in [5, 5.41) is 6.29. The normalized spacial score (nSPS) is 15.8. The molecule has 1 amide bonds. The number of piperidine rings is 1. The number of aromatic nitrogens is 3. The molecule has 224 valence electrons. The lowest BCUT2D eigenvalue weighted by atomic mass is 10.0. The van der Waals surface area contributed by atoms with E-state index in [1.54, 1.807) is 43.4 Å². The van der Waals surface area contributed by atoms with Gasteiger partial charge >= 0.3 is 0 Å². The van der Waals surface area contributed by atoms with Crippen molar-refractivity contribution in [2.75, 3.05) is 39.2 Å². The minimum Gasteiger partial charge on any atom is -0.495 e. The Morgan fingerprint density at radius 1 is 1.09 bits per heavy atom. The molecule has 0 atom stereocenters. The van der Waals surface area contributed by atoms with E-state index in [-0.39, 0.29) is 40.3 Å². The van der Waals surface area contributed by atoms with Crippen LogP contribution in [0.4, 0.5) is 16.0 Å². The number of amides is 1. The number of benzene rings is 2. The Balaban J connectivity index is 1.34. The molecule has 10 nitrogen and oxygen atoms in total. The molecule has 1 saturated heterocycles. The number of ether oxygens (including phenoxy) is 2. The molecule has 11 heteroatoms. The molecule has 2 aliphatic rings. The molecule has 1 aliphatic heterocycles. The first-order valence-corrected chi connectivity index (χ1v) is 14.5. The standard InChI is InChI=1S/C32H35FN6O4/c1-38-14-12-21(13-15-38)35-30(40)20-10-11-24(26(16-20)42-3)36-32-34-17-25-28(37-32)27(22-6-4-5-7-23(22)33)29(31(41)39(25)2)43-18-19-8-9-19/h4-7,10-11,16-17,19,21H,8-9,12-15,18H2,1-3H3,(H,35,40)(H,34,36,37). The number of halogens is 1. The molecule has 1 aliphatic carbocycles. The van der Waals surface area contributed by atoms with Crippen molar-refractivity contribution in [1.82, 2.24) is 24.8 Å². The second kappa shape index (κ2) is 12.0. The van der Waals surface area contributed by atoms with E-state index in [1.807, 2.05) is 0 Å². The number of pyridine rings is 1. The second-order valence-corrected chi connectivity index (χ2v) is 11.3. The Labute approximate surface area is 248 Å². The van der Waals surface area contributed by atoms with Gasteiger partial charge < -0.3 is 29.6 Å². The summed E-state index contributed by atoms with van der Waals surface area (Å²) in [5.41, 5.74) is 1.94. The zero-order valence-electron chi connectivity index (χ0n) is 24.5. The zero-order valence-corrected chi connectivity index (χ0v) is 24.5. The van der Waals surface area contributed by atoms with Gasteiger partial charge in [0.2, 0.25) is 5.95 Å². The quantitative estimate of drug-likeness (QED) is 0.295. The molecule has 2 aromatic carbocycles. The summed E-state index contributed by atoms with van der Waals surface area (Å²) in [4.78, 5) is 37.8. The van der Waals surface area contributed by atoms with E-state index in [4.69, 9.17) is 14.5 Å². The molecule has 2 fully saturated rings. The van der Waals surface area contributed by atoms with Crippen LogP contribution in [0.5, 0.6) is 11.5 Å². The summed E-state index contributed by atoms with van der Waals surface area (Å²) in [7, 11) is 5.22. The summed E-state index contributed by atoms with van der Waals surface area (Å²) in [6.07, 6.45) is 5.43. The largest absolute Gasteiger partial charge is 0.495 e. The van der Waals surface area contributed by atoms with Gasteiger partial charge in [-0.25, -0.2) is 14.4 Å². The Morgan fingerprint density at radius 2 is 1.86 bits per heavy atom. The highest BCUT2D eigenvalue weighted by Crippen LogP contribution is 2.37. The van der Waals surface area contributed by atoms with E-state index >= 15 is 4.39 Å². The summed E-state index contributed by atoms with van der Waals surface area (Å²) in [6.45, 7) is 2.28. The van der Waals surface area contributed by atoms with Crippen LogP contribution < -0.4 is 25.7 Å². The molecule has 4 aromatic rings. The van der Waals surface area contributed by atoms with Crippen molar-refractivity contribution >= 4 is 28.6 Å². The number of carbonyl (C=O) groups excluding carboxylic acids is 1.